The van der Waals surface area contributed by atoms with Crippen LogP contribution in [-0.4, -0.2) is 25.4 Å². The van der Waals surface area contributed by atoms with Gasteiger partial charge in [0.2, 0.25) is 0 Å². The number of benzene rings is 4. The van der Waals surface area contributed by atoms with Crippen LogP contribution < -0.4 is 10.0 Å². The molecule has 1 atom stereocenters. The Kier molecular flexibility index (Phi) is 8.38. The molecule has 0 heterocycles. The number of carboxylic acids is 1. The second-order valence-corrected chi connectivity index (χ2v) is 11.2. The number of hydrogen-bond acceptors (Lipinski definition) is 4. The number of rotatable bonds is 9. The van der Waals surface area contributed by atoms with E-state index in [1.165, 1.54) is 0 Å². The molecule has 1 amide bonds. The van der Waals surface area contributed by atoms with Crippen LogP contribution in [0.15, 0.2) is 95.9 Å². The minimum atomic E-state index is -3.85. The molecule has 0 bridgehead atoms. The monoisotopic (exact) mass is 562 g/mol. The molecule has 4 rings (SSSR count). The number of halogens is 1. The summed E-state index contributed by atoms with van der Waals surface area (Å²) in [5, 5.41) is 12.6. The molecule has 0 radical (unpaired) electrons. The number of aryl methyl sites for hydroxylation is 2. The molecule has 39 heavy (non-hydrogen) atoms. The second kappa shape index (κ2) is 11.7. The van der Waals surface area contributed by atoms with E-state index < -0.39 is 27.9 Å². The molecule has 0 unspecified atom stereocenters. The van der Waals surface area contributed by atoms with E-state index in [1.54, 1.807) is 92.7 Å². The van der Waals surface area contributed by atoms with Crippen molar-refractivity contribution in [2.75, 3.05) is 4.72 Å². The lowest BCUT2D eigenvalue weighted by Gasteiger charge is -2.17. The fraction of sp³-hybridized carbons (Fsp3) is 0.133. The average Bonchev–Trinajstić information content (AvgIpc) is 2.90. The lowest BCUT2D eigenvalue weighted by Crippen LogP contribution is -2.30. The highest BCUT2D eigenvalue weighted by atomic mass is 35.5. The normalized spacial score (nSPS) is 12.0. The van der Waals surface area contributed by atoms with Crippen LogP contribution in [0, 0.1) is 13.8 Å². The van der Waals surface area contributed by atoms with Crippen molar-refractivity contribution < 1.29 is 23.1 Å². The number of sulfonamides is 1. The maximum Gasteiger partial charge on any atom is 0.305 e. The number of nitrogens with one attached hydrogen (secondary N) is 2. The molecule has 4 aromatic carbocycles. The van der Waals surface area contributed by atoms with E-state index in [0.29, 0.717) is 33.0 Å². The predicted molar refractivity (Wildman–Crippen MR) is 153 cm³/mol. The first kappa shape index (κ1) is 27.9. The SMILES string of the molecule is Cc1cc(S(=O)(=O)Nc2cccc(-c3ccc(C(=O)N[C@H](CC(=O)O)c4ccccc4)cc3)c2)c(C)cc1Cl. The molecule has 0 saturated heterocycles. The van der Waals surface area contributed by atoms with Crippen molar-refractivity contribution in [1.29, 1.82) is 0 Å². The summed E-state index contributed by atoms with van der Waals surface area (Å²) in [6.07, 6.45) is -0.244. The highest BCUT2D eigenvalue weighted by Crippen LogP contribution is 2.28. The van der Waals surface area contributed by atoms with Crippen LogP contribution in [0.25, 0.3) is 11.1 Å². The summed E-state index contributed by atoms with van der Waals surface area (Å²) < 4.78 is 28.8. The van der Waals surface area contributed by atoms with Gasteiger partial charge in [0, 0.05) is 16.3 Å². The van der Waals surface area contributed by atoms with Gasteiger partial charge in [-0.3, -0.25) is 14.3 Å². The molecule has 0 saturated carbocycles. The molecule has 0 aromatic heterocycles. The average molecular weight is 563 g/mol. The molecule has 0 aliphatic rings. The highest BCUT2D eigenvalue weighted by molar-refractivity contribution is 7.92. The first-order valence-electron chi connectivity index (χ1n) is 12.1. The maximum absolute atomic E-state index is 13.1. The zero-order valence-electron chi connectivity index (χ0n) is 21.3. The summed E-state index contributed by atoms with van der Waals surface area (Å²) >= 11 is 6.12. The third-order valence-corrected chi connectivity index (χ3v) is 8.16. The zero-order chi connectivity index (χ0) is 28.2. The van der Waals surface area contributed by atoms with E-state index in [-0.39, 0.29) is 11.3 Å². The predicted octanol–water partition coefficient (Wildman–Crippen LogP) is 6.37. The lowest BCUT2D eigenvalue weighted by atomic mass is 10.0. The van der Waals surface area contributed by atoms with Gasteiger partial charge in [0.25, 0.3) is 15.9 Å². The van der Waals surface area contributed by atoms with Crippen molar-refractivity contribution in [3.8, 4) is 11.1 Å². The Hall–Kier alpha value is -4.14. The van der Waals surface area contributed by atoms with Gasteiger partial charge in [-0.25, -0.2) is 8.42 Å². The molecule has 0 fully saturated rings. The van der Waals surface area contributed by atoms with Crippen molar-refractivity contribution in [3.63, 3.8) is 0 Å². The van der Waals surface area contributed by atoms with E-state index >= 15 is 0 Å². The van der Waals surface area contributed by atoms with Crippen molar-refractivity contribution in [1.82, 2.24) is 5.32 Å². The van der Waals surface area contributed by atoms with Crippen molar-refractivity contribution in [3.05, 3.63) is 118 Å². The van der Waals surface area contributed by atoms with E-state index in [4.69, 9.17) is 11.6 Å². The first-order valence-corrected chi connectivity index (χ1v) is 14.0. The van der Waals surface area contributed by atoms with Gasteiger partial charge in [-0.05, 0) is 78.1 Å². The van der Waals surface area contributed by atoms with Gasteiger partial charge >= 0.3 is 5.97 Å². The third-order valence-electron chi connectivity index (χ3n) is 6.23. The molecule has 7 nitrogen and oxygen atoms in total. The van der Waals surface area contributed by atoms with E-state index in [9.17, 15) is 23.1 Å². The Labute approximate surface area is 232 Å². The van der Waals surface area contributed by atoms with Gasteiger partial charge in [-0.2, -0.15) is 0 Å². The summed E-state index contributed by atoms with van der Waals surface area (Å²) in [5.41, 5.74) is 4.19. The number of carbonyl (C=O) groups excluding carboxylic acids is 1. The number of amides is 1. The van der Waals surface area contributed by atoms with E-state index in [2.05, 4.69) is 10.0 Å². The minimum absolute atomic E-state index is 0.155. The fourth-order valence-corrected chi connectivity index (χ4v) is 5.76. The molecule has 0 aliphatic carbocycles. The zero-order valence-corrected chi connectivity index (χ0v) is 22.9. The topological polar surface area (TPSA) is 113 Å². The Morgan fingerprint density at radius 2 is 1.54 bits per heavy atom. The minimum Gasteiger partial charge on any atom is -0.481 e. The Morgan fingerprint density at radius 3 is 2.21 bits per heavy atom. The molecule has 0 aliphatic heterocycles. The quantitative estimate of drug-likeness (QED) is 0.219. The standard InChI is InChI=1S/C30H27ClN2O5S/c1-19-16-28(20(2)15-26(19)31)39(37,38)33-25-10-6-9-24(17-25)21-11-13-23(14-12-21)30(36)32-27(18-29(34)35)22-7-4-3-5-8-22/h3-17,27,33H,18H2,1-2H3,(H,32,36)(H,34,35)/t27-/m1/s1. The van der Waals surface area contributed by atoms with Crippen LogP contribution >= 0.6 is 11.6 Å². The van der Waals surface area contributed by atoms with Gasteiger partial charge in [-0.15, -0.1) is 0 Å². The number of aliphatic carboxylic acids is 1. The fourth-order valence-electron chi connectivity index (χ4n) is 4.18. The first-order chi connectivity index (χ1) is 18.5. The largest absolute Gasteiger partial charge is 0.481 e. The van der Waals surface area contributed by atoms with E-state index in [1.807, 2.05) is 12.1 Å². The summed E-state index contributed by atoms with van der Waals surface area (Å²) in [6.45, 7) is 3.44. The van der Waals surface area contributed by atoms with Gasteiger partial charge in [-0.1, -0.05) is 66.2 Å². The van der Waals surface area contributed by atoms with Gasteiger partial charge in [0.1, 0.15) is 0 Å². The Balaban J connectivity index is 1.51. The van der Waals surface area contributed by atoms with E-state index in [0.717, 1.165) is 11.1 Å². The summed E-state index contributed by atoms with van der Waals surface area (Å²) in [6, 6.07) is 25.2. The van der Waals surface area contributed by atoms with Crippen LogP contribution in [0.5, 0.6) is 0 Å². The molecule has 9 heteroatoms. The van der Waals surface area contributed by atoms with Crippen molar-refractivity contribution >= 4 is 39.2 Å². The molecule has 0 spiro atoms. The van der Waals surface area contributed by atoms with Gasteiger partial charge in [0.05, 0.1) is 17.4 Å². The Bertz CT molecular complexity index is 1620. The second-order valence-electron chi connectivity index (χ2n) is 9.17. The number of carbonyl (C=O) groups is 2. The molecular weight excluding hydrogens is 536 g/mol. The number of hydrogen-bond donors (Lipinski definition) is 3. The van der Waals surface area contributed by atoms with Gasteiger partial charge < -0.3 is 10.4 Å². The van der Waals surface area contributed by atoms with Crippen LogP contribution in [0.4, 0.5) is 5.69 Å². The third kappa shape index (κ3) is 6.85. The molecule has 3 N–H and O–H groups in total. The van der Waals surface area contributed by atoms with Crippen molar-refractivity contribution in [2.45, 2.75) is 31.2 Å². The number of carboxylic acid groups (broad SMARTS) is 1. The van der Waals surface area contributed by atoms with Gasteiger partial charge in [0.15, 0.2) is 0 Å². The maximum atomic E-state index is 13.1. The Morgan fingerprint density at radius 1 is 0.846 bits per heavy atom. The molecule has 4 aromatic rings. The molecule has 200 valence electrons. The van der Waals surface area contributed by atoms with Crippen LogP contribution in [0.2, 0.25) is 5.02 Å². The molecular formula is C30H27ClN2O5S. The van der Waals surface area contributed by atoms with Crippen LogP contribution in [0.1, 0.15) is 39.5 Å². The summed E-state index contributed by atoms with van der Waals surface area (Å²) in [5.74, 6) is -1.41. The summed E-state index contributed by atoms with van der Waals surface area (Å²) in [4.78, 5) is 24.4. The summed E-state index contributed by atoms with van der Waals surface area (Å²) in [7, 11) is -3.85. The highest BCUT2D eigenvalue weighted by Gasteiger charge is 2.20. The van der Waals surface area contributed by atoms with Crippen molar-refractivity contribution in [2.24, 2.45) is 0 Å². The van der Waals surface area contributed by atoms with Crippen LogP contribution in [0.3, 0.4) is 0 Å². The lowest BCUT2D eigenvalue weighted by molar-refractivity contribution is -0.137. The smallest absolute Gasteiger partial charge is 0.305 e. The van der Waals surface area contributed by atoms with Crippen LogP contribution in [-0.2, 0) is 14.8 Å². The number of anilines is 1.